The summed E-state index contributed by atoms with van der Waals surface area (Å²) < 4.78 is 43.4. The molecule has 0 saturated heterocycles. The van der Waals surface area contributed by atoms with Crippen molar-refractivity contribution in [2.24, 2.45) is 0 Å². The van der Waals surface area contributed by atoms with E-state index >= 15 is 0 Å². The maximum absolute atomic E-state index is 12.8. The lowest BCUT2D eigenvalue weighted by molar-refractivity contribution is -0.141. The molecule has 1 aromatic carbocycles. The number of alkyl halides is 3. The van der Waals surface area contributed by atoms with Crippen molar-refractivity contribution in [2.45, 2.75) is 20.0 Å². The molecule has 7 heteroatoms. The molecule has 20 heavy (non-hydrogen) atoms. The van der Waals surface area contributed by atoms with E-state index in [1.165, 1.54) is 11.0 Å². The molecule has 0 unspecified atom stereocenters. The van der Waals surface area contributed by atoms with Gasteiger partial charge in [0.2, 0.25) is 0 Å². The van der Waals surface area contributed by atoms with E-state index in [0.717, 1.165) is 12.1 Å². The zero-order valence-electron chi connectivity index (χ0n) is 11.1. The van der Waals surface area contributed by atoms with Gasteiger partial charge in [0.1, 0.15) is 5.75 Å². The Morgan fingerprint density at radius 3 is 2.40 bits per heavy atom. The average molecular weight is 310 g/mol. The highest BCUT2D eigenvalue weighted by molar-refractivity contribution is 6.30. The van der Waals surface area contributed by atoms with Crippen LogP contribution in [0, 0.1) is 0 Å². The van der Waals surface area contributed by atoms with E-state index in [1.54, 1.807) is 13.8 Å². The first kappa shape index (κ1) is 16.6. The number of halogens is 4. The van der Waals surface area contributed by atoms with Crippen LogP contribution in [0.5, 0.6) is 5.75 Å². The highest BCUT2D eigenvalue weighted by atomic mass is 35.5. The van der Waals surface area contributed by atoms with Crippen molar-refractivity contribution in [3.63, 3.8) is 0 Å². The molecule has 0 aliphatic heterocycles. The molecule has 0 N–H and O–H groups in total. The second kappa shape index (κ2) is 6.83. The second-order valence-corrected chi connectivity index (χ2v) is 4.43. The fourth-order valence-corrected chi connectivity index (χ4v) is 1.83. The summed E-state index contributed by atoms with van der Waals surface area (Å²) in [4.78, 5) is 13.2. The summed E-state index contributed by atoms with van der Waals surface area (Å²) in [6.07, 6.45) is -4.58. The minimum atomic E-state index is -4.58. The summed E-state index contributed by atoms with van der Waals surface area (Å²) in [6, 6.07) is 3.17. The second-order valence-electron chi connectivity index (χ2n) is 3.99. The van der Waals surface area contributed by atoms with Gasteiger partial charge in [-0.15, -0.1) is 0 Å². The molecular formula is C13H15ClF3NO2. The molecular weight excluding hydrogens is 295 g/mol. The summed E-state index contributed by atoms with van der Waals surface area (Å²) >= 11 is 5.55. The van der Waals surface area contributed by atoms with E-state index in [1.807, 2.05) is 0 Å². The molecule has 3 nitrogen and oxygen atoms in total. The van der Waals surface area contributed by atoms with E-state index < -0.39 is 24.1 Å². The predicted octanol–water partition coefficient (Wildman–Crippen LogP) is 3.61. The normalized spacial score (nSPS) is 11.3. The van der Waals surface area contributed by atoms with Crippen LogP contribution in [0.1, 0.15) is 19.4 Å². The van der Waals surface area contributed by atoms with E-state index in [4.69, 9.17) is 16.3 Å². The fraction of sp³-hybridized carbons (Fsp3) is 0.462. The standard InChI is InChI=1S/C13H15ClF3NO2/c1-3-18(4-2)12(19)8-20-11-6-5-9(14)7-10(11)13(15,16)17/h5-7H,3-4,8H2,1-2H3. The van der Waals surface area contributed by atoms with Gasteiger partial charge in [-0.3, -0.25) is 4.79 Å². The van der Waals surface area contributed by atoms with Crippen molar-refractivity contribution in [2.75, 3.05) is 19.7 Å². The maximum atomic E-state index is 12.8. The number of nitrogens with zero attached hydrogens (tertiary/aromatic N) is 1. The molecule has 0 spiro atoms. The molecule has 0 atom stereocenters. The first-order valence-corrected chi connectivity index (χ1v) is 6.44. The average Bonchev–Trinajstić information content (AvgIpc) is 2.37. The molecule has 112 valence electrons. The fourth-order valence-electron chi connectivity index (χ4n) is 1.66. The van der Waals surface area contributed by atoms with E-state index in [2.05, 4.69) is 0 Å². The van der Waals surface area contributed by atoms with Gasteiger partial charge in [-0.2, -0.15) is 13.2 Å². The summed E-state index contributed by atoms with van der Waals surface area (Å²) in [5.41, 5.74) is -0.989. The molecule has 0 fully saturated rings. The molecule has 0 bridgehead atoms. The molecule has 1 rings (SSSR count). The number of likely N-dealkylation sites (N-methyl/N-ethyl adjacent to an activating group) is 1. The molecule has 0 aromatic heterocycles. The summed E-state index contributed by atoms with van der Waals surface area (Å²) in [6.45, 7) is 4.08. The van der Waals surface area contributed by atoms with Crippen LogP contribution in [0.2, 0.25) is 5.02 Å². The van der Waals surface area contributed by atoms with Gasteiger partial charge in [0.15, 0.2) is 6.61 Å². The van der Waals surface area contributed by atoms with Gasteiger partial charge in [0, 0.05) is 18.1 Å². The van der Waals surface area contributed by atoms with Crippen molar-refractivity contribution in [3.8, 4) is 5.75 Å². The highest BCUT2D eigenvalue weighted by Gasteiger charge is 2.34. The first-order valence-electron chi connectivity index (χ1n) is 6.06. The zero-order valence-corrected chi connectivity index (χ0v) is 11.9. The van der Waals surface area contributed by atoms with Crippen LogP contribution in [0.4, 0.5) is 13.2 Å². The third-order valence-electron chi connectivity index (χ3n) is 2.71. The molecule has 0 saturated carbocycles. The highest BCUT2D eigenvalue weighted by Crippen LogP contribution is 2.37. The number of benzene rings is 1. The topological polar surface area (TPSA) is 29.5 Å². The molecule has 1 aromatic rings. The lowest BCUT2D eigenvalue weighted by Crippen LogP contribution is -2.34. The zero-order chi connectivity index (χ0) is 15.3. The quantitative estimate of drug-likeness (QED) is 0.831. The van der Waals surface area contributed by atoms with Crippen LogP contribution < -0.4 is 4.74 Å². The summed E-state index contributed by atoms with van der Waals surface area (Å²) in [7, 11) is 0. The van der Waals surface area contributed by atoms with Crippen molar-refractivity contribution in [3.05, 3.63) is 28.8 Å². The van der Waals surface area contributed by atoms with Crippen molar-refractivity contribution in [1.82, 2.24) is 4.90 Å². The van der Waals surface area contributed by atoms with Crippen LogP contribution in [0.15, 0.2) is 18.2 Å². The number of rotatable bonds is 5. The van der Waals surface area contributed by atoms with E-state index in [9.17, 15) is 18.0 Å². The van der Waals surface area contributed by atoms with Crippen LogP contribution >= 0.6 is 11.6 Å². The van der Waals surface area contributed by atoms with E-state index in [-0.39, 0.29) is 10.9 Å². The number of carbonyl (C=O) groups excluding carboxylic acids is 1. The van der Waals surface area contributed by atoms with Gasteiger partial charge in [0.25, 0.3) is 5.91 Å². The Balaban J connectivity index is 2.86. The van der Waals surface area contributed by atoms with Gasteiger partial charge in [-0.05, 0) is 32.0 Å². The SMILES string of the molecule is CCN(CC)C(=O)COc1ccc(Cl)cc1C(F)(F)F. The van der Waals surface area contributed by atoms with Crippen molar-refractivity contribution >= 4 is 17.5 Å². The Morgan fingerprint density at radius 2 is 1.90 bits per heavy atom. The van der Waals surface area contributed by atoms with Gasteiger partial charge >= 0.3 is 6.18 Å². The lowest BCUT2D eigenvalue weighted by atomic mass is 10.2. The Hall–Kier alpha value is -1.43. The molecule has 0 aliphatic carbocycles. The van der Waals surface area contributed by atoms with Gasteiger partial charge in [0.05, 0.1) is 5.56 Å². The van der Waals surface area contributed by atoms with Gasteiger partial charge in [-0.25, -0.2) is 0 Å². The van der Waals surface area contributed by atoms with E-state index in [0.29, 0.717) is 13.1 Å². The van der Waals surface area contributed by atoms with Crippen molar-refractivity contribution < 1.29 is 22.7 Å². The molecule has 0 aliphatic rings. The Morgan fingerprint density at radius 1 is 1.30 bits per heavy atom. The number of carbonyl (C=O) groups is 1. The molecule has 0 radical (unpaired) electrons. The smallest absolute Gasteiger partial charge is 0.420 e. The largest absolute Gasteiger partial charge is 0.483 e. The lowest BCUT2D eigenvalue weighted by Gasteiger charge is -2.20. The third kappa shape index (κ3) is 4.30. The molecule has 0 heterocycles. The molecule has 1 amide bonds. The number of hydrogen-bond donors (Lipinski definition) is 0. The van der Waals surface area contributed by atoms with Gasteiger partial charge in [-0.1, -0.05) is 11.6 Å². The summed E-state index contributed by atoms with van der Waals surface area (Å²) in [5.74, 6) is -0.763. The van der Waals surface area contributed by atoms with Crippen LogP contribution in [0.25, 0.3) is 0 Å². The summed E-state index contributed by atoms with van der Waals surface area (Å²) in [5, 5.41) is -0.0419. The van der Waals surface area contributed by atoms with Gasteiger partial charge < -0.3 is 9.64 Å². The minimum Gasteiger partial charge on any atom is -0.483 e. The van der Waals surface area contributed by atoms with Crippen LogP contribution in [-0.2, 0) is 11.0 Å². The van der Waals surface area contributed by atoms with Crippen LogP contribution in [-0.4, -0.2) is 30.5 Å². The van der Waals surface area contributed by atoms with Crippen molar-refractivity contribution in [1.29, 1.82) is 0 Å². The number of ether oxygens (including phenoxy) is 1. The van der Waals surface area contributed by atoms with Crippen LogP contribution in [0.3, 0.4) is 0 Å². The third-order valence-corrected chi connectivity index (χ3v) is 2.95. The first-order chi connectivity index (χ1) is 9.29. The minimum absolute atomic E-state index is 0.0419. The maximum Gasteiger partial charge on any atom is 0.420 e. The number of amides is 1. The Kier molecular flexibility index (Phi) is 5.68. The number of hydrogen-bond acceptors (Lipinski definition) is 2. The predicted molar refractivity (Wildman–Crippen MR) is 69.9 cm³/mol. The Labute approximate surface area is 120 Å². The Bertz CT molecular complexity index is 473. The monoisotopic (exact) mass is 309 g/mol.